The minimum Gasteiger partial charge on any atom is -0.394 e. The van der Waals surface area contributed by atoms with E-state index in [0.29, 0.717) is 6.42 Å². The summed E-state index contributed by atoms with van der Waals surface area (Å²) in [5, 5.41) is 11.4. The molecule has 0 bridgehead atoms. The minimum absolute atomic E-state index is 0.182. The summed E-state index contributed by atoms with van der Waals surface area (Å²) in [4.78, 5) is 11.8. The third-order valence-corrected chi connectivity index (χ3v) is 2.76. The van der Waals surface area contributed by atoms with E-state index in [2.05, 4.69) is 10.0 Å². The van der Waals surface area contributed by atoms with Gasteiger partial charge in [-0.2, -0.15) is 0 Å². The molecular formula is C10H22N2O4S. The maximum atomic E-state index is 11.8. The van der Waals surface area contributed by atoms with Crippen LogP contribution in [0, 0.1) is 5.92 Å². The summed E-state index contributed by atoms with van der Waals surface area (Å²) in [7, 11) is -3.43. The van der Waals surface area contributed by atoms with Crippen LogP contribution in [0.4, 0.5) is 0 Å². The fraction of sp³-hybridized carbons (Fsp3) is 0.900. The summed E-state index contributed by atoms with van der Waals surface area (Å²) in [6, 6.07) is -1.18. The monoisotopic (exact) mass is 266 g/mol. The van der Waals surface area contributed by atoms with E-state index in [1.165, 1.54) is 0 Å². The summed E-state index contributed by atoms with van der Waals surface area (Å²) in [5.74, 6) is -0.227. The Labute approximate surface area is 103 Å². The van der Waals surface area contributed by atoms with Gasteiger partial charge in [0.1, 0.15) is 6.04 Å². The van der Waals surface area contributed by atoms with Crippen LogP contribution in [0.25, 0.3) is 0 Å². The second kappa shape index (κ2) is 6.93. The Morgan fingerprint density at radius 2 is 1.82 bits per heavy atom. The van der Waals surface area contributed by atoms with Crippen molar-refractivity contribution < 1.29 is 18.3 Å². The first-order chi connectivity index (χ1) is 7.65. The number of rotatable bonds is 7. The molecule has 0 aromatic carbocycles. The van der Waals surface area contributed by atoms with Crippen molar-refractivity contribution in [1.82, 2.24) is 10.0 Å². The Balaban J connectivity index is 4.62. The predicted octanol–water partition coefficient (Wildman–Crippen LogP) is -0.553. The first-order valence-electron chi connectivity index (χ1n) is 5.54. The van der Waals surface area contributed by atoms with Gasteiger partial charge in [0.2, 0.25) is 15.9 Å². The largest absolute Gasteiger partial charge is 0.394 e. The molecule has 1 amide bonds. The first-order valence-corrected chi connectivity index (χ1v) is 7.43. The molecule has 0 radical (unpaired) electrons. The van der Waals surface area contributed by atoms with Crippen LogP contribution in [0.2, 0.25) is 0 Å². The lowest BCUT2D eigenvalue weighted by Crippen LogP contribution is -2.50. The number of hydrogen-bond donors (Lipinski definition) is 3. The van der Waals surface area contributed by atoms with E-state index < -0.39 is 28.0 Å². The Hall–Kier alpha value is -0.660. The van der Waals surface area contributed by atoms with Gasteiger partial charge in [-0.15, -0.1) is 0 Å². The van der Waals surface area contributed by atoms with Gasteiger partial charge in [-0.05, 0) is 19.3 Å². The predicted molar refractivity (Wildman–Crippen MR) is 65.9 cm³/mol. The number of carbonyl (C=O) groups is 1. The van der Waals surface area contributed by atoms with Crippen LogP contribution < -0.4 is 10.0 Å². The number of amides is 1. The van der Waals surface area contributed by atoms with Gasteiger partial charge < -0.3 is 10.4 Å². The molecule has 0 aromatic rings. The first kappa shape index (κ1) is 16.3. The van der Waals surface area contributed by atoms with Crippen molar-refractivity contribution in [1.29, 1.82) is 0 Å². The highest BCUT2D eigenvalue weighted by molar-refractivity contribution is 7.88. The van der Waals surface area contributed by atoms with Crippen LogP contribution in [-0.2, 0) is 14.8 Å². The van der Waals surface area contributed by atoms with Gasteiger partial charge in [0.15, 0.2) is 0 Å². The van der Waals surface area contributed by atoms with E-state index in [9.17, 15) is 13.2 Å². The van der Waals surface area contributed by atoms with E-state index in [0.717, 1.165) is 6.26 Å². The molecule has 0 aliphatic heterocycles. The number of aliphatic hydroxyl groups excluding tert-OH is 1. The van der Waals surface area contributed by atoms with Crippen molar-refractivity contribution in [3.63, 3.8) is 0 Å². The molecule has 0 saturated heterocycles. The fourth-order valence-electron chi connectivity index (χ4n) is 1.33. The molecule has 102 valence electrons. The van der Waals surface area contributed by atoms with Crippen LogP contribution in [0.3, 0.4) is 0 Å². The average Bonchev–Trinajstić information content (AvgIpc) is 2.13. The molecule has 0 aliphatic carbocycles. The Morgan fingerprint density at radius 3 is 2.18 bits per heavy atom. The number of aliphatic hydroxyl groups is 1. The number of sulfonamides is 1. The summed E-state index contributed by atoms with van der Waals surface area (Å²) in [6.07, 6.45) is 1.43. The van der Waals surface area contributed by atoms with E-state index in [1.807, 2.05) is 13.8 Å². The highest BCUT2D eigenvalue weighted by Gasteiger charge is 2.23. The van der Waals surface area contributed by atoms with E-state index in [-0.39, 0.29) is 12.5 Å². The van der Waals surface area contributed by atoms with Gasteiger partial charge in [0, 0.05) is 6.04 Å². The lowest BCUT2D eigenvalue weighted by atomic mass is 10.0. The third kappa shape index (κ3) is 8.12. The molecule has 1 unspecified atom stereocenters. The Kier molecular flexibility index (Phi) is 6.66. The summed E-state index contributed by atoms with van der Waals surface area (Å²) < 4.78 is 24.6. The molecule has 17 heavy (non-hydrogen) atoms. The summed E-state index contributed by atoms with van der Waals surface area (Å²) >= 11 is 0. The fourth-order valence-corrected chi connectivity index (χ4v) is 2.05. The van der Waals surface area contributed by atoms with E-state index >= 15 is 0 Å². The van der Waals surface area contributed by atoms with Gasteiger partial charge in [-0.25, -0.2) is 13.1 Å². The third-order valence-electron chi connectivity index (χ3n) is 2.04. The van der Waals surface area contributed by atoms with Gasteiger partial charge in [-0.3, -0.25) is 4.79 Å². The lowest BCUT2D eigenvalue weighted by molar-refractivity contribution is -0.124. The van der Waals surface area contributed by atoms with E-state index in [4.69, 9.17) is 5.11 Å². The Bertz CT molecular complexity index is 340. The molecule has 0 heterocycles. The summed E-state index contributed by atoms with van der Waals surface area (Å²) in [6.45, 7) is 5.27. The van der Waals surface area contributed by atoms with Crippen LogP contribution >= 0.6 is 0 Å². The van der Waals surface area contributed by atoms with Crippen molar-refractivity contribution >= 4 is 15.9 Å². The maximum absolute atomic E-state index is 11.8. The molecular weight excluding hydrogens is 244 g/mol. The number of carbonyl (C=O) groups excluding carboxylic acids is 1. The second-order valence-corrected chi connectivity index (χ2v) is 6.44. The second-order valence-electron chi connectivity index (χ2n) is 4.66. The number of hydrogen-bond acceptors (Lipinski definition) is 4. The van der Waals surface area contributed by atoms with Crippen molar-refractivity contribution in [2.24, 2.45) is 5.92 Å². The molecule has 0 aromatic heterocycles. The lowest BCUT2D eigenvalue weighted by Gasteiger charge is -2.21. The molecule has 6 nitrogen and oxygen atoms in total. The standard InChI is InChI=1S/C10H22N2O4S/c1-7(2)5-9(12-17(4,15)16)10(14)11-8(3)6-13/h7-9,12-13H,5-6H2,1-4H3,(H,11,14)/t8-,9?/m1/s1. The minimum atomic E-state index is -3.43. The van der Waals surface area contributed by atoms with Crippen LogP contribution in [0.15, 0.2) is 0 Å². The molecule has 7 heteroatoms. The van der Waals surface area contributed by atoms with Crippen LogP contribution in [0.1, 0.15) is 27.2 Å². The molecule has 2 atom stereocenters. The molecule has 0 fully saturated rings. The summed E-state index contributed by atoms with van der Waals surface area (Å²) in [5.41, 5.74) is 0. The normalized spacial score (nSPS) is 15.6. The van der Waals surface area contributed by atoms with Gasteiger partial charge in [-0.1, -0.05) is 13.8 Å². The van der Waals surface area contributed by atoms with Crippen molar-refractivity contribution in [2.75, 3.05) is 12.9 Å². The zero-order chi connectivity index (χ0) is 13.6. The van der Waals surface area contributed by atoms with Crippen molar-refractivity contribution in [3.05, 3.63) is 0 Å². The van der Waals surface area contributed by atoms with Gasteiger partial charge in [0.05, 0.1) is 12.9 Å². The topological polar surface area (TPSA) is 95.5 Å². The zero-order valence-electron chi connectivity index (χ0n) is 10.7. The molecule has 3 N–H and O–H groups in total. The number of nitrogens with one attached hydrogen (secondary N) is 2. The van der Waals surface area contributed by atoms with Gasteiger partial charge >= 0.3 is 0 Å². The van der Waals surface area contributed by atoms with Crippen molar-refractivity contribution in [2.45, 2.75) is 39.3 Å². The zero-order valence-corrected chi connectivity index (χ0v) is 11.5. The smallest absolute Gasteiger partial charge is 0.238 e. The van der Waals surface area contributed by atoms with Crippen LogP contribution in [-0.4, -0.2) is 44.4 Å². The highest BCUT2D eigenvalue weighted by atomic mass is 32.2. The quantitative estimate of drug-likeness (QED) is 0.576. The average molecular weight is 266 g/mol. The molecule has 0 spiro atoms. The maximum Gasteiger partial charge on any atom is 0.238 e. The SMILES string of the molecule is CC(C)CC(NS(C)(=O)=O)C(=O)N[C@H](C)CO. The van der Waals surface area contributed by atoms with E-state index in [1.54, 1.807) is 6.92 Å². The van der Waals surface area contributed by atoms with Gasteiger partial charge in [0.25, 0.3) is 0 Å². The highest BCUT2D eigenvalue weighted by Crippen LogP contribution is 2.06. The van der Waals surface area contributed by atoms with Crippen LogP contribution in [0.5, 0.6) is 0 Å². The molecule has 0 rings (SSSR count). The molecule has 0 saturated carbocycles. The Morgan fingerprint density at radius 1 is 1.29 bits per heavy atom. The van der Waals surface area contributed by atoms with Crippen molar-refractivity contribution in [3.8, 4) is 0 Å². The molecule has 0 aliphatic rings.